The number of hydrogen-bond donors (Lipinski definition) is 0. The highest BCUT2D eigenvalue weighted by atomic mass is 35.5. The fraction of sp³-hybridized carbons (Fsp3) is 0.250. The molecule has 0 aliphatic carbocycles. The average molecular weight is 491 g/mol. The van der Waals surface area contributed by atoms with Crippen LogP contribution in [0.2, 0.25) is 5.02 Å². The number of non-ortho nitro benzene ring substituents is 1. The van der Waals surface area contributed by atoms with Crippen LogP contribution in [0.3, 0.4) is 0 Å². The molecule has 2 heterocycles. The molecule has 1 saturated heterocycles. The van der Waals surface area contributed by atoms with Gasteiger partial charge in [-0.25, -0.2) is 13.1 Å². The van der Waals surface area contributed by atoms with Crippen LogP contribution in [0.25, 0.3) is 5.69 Å². The first-order valence-electron chi connectivity index (χ1n) is 9.90. The van der Waals surface area contributed by atoms with Crippen molar-refractivity contribution in [3.05, 3.63) is 75.1 Å². The molecule has 172 valence electrons. The summed E-state index contributed by atoms with van der Waals surface area (Å²) in [7, 11) is -3.69. The highest BCUT2D eigenvalue weighted by molar-refractivity contribution is 7.89. The molecule has 1 aromatic heterocycles. The Kier molecular flexibility index (Phi) is 6.15. The van der Waals surface area contributed by atoms with Crippen molar-refractivity contribution in [1.82, 2.24) is 24.2 Å². The van der Waals surface area contributed by atoms with Crippen LogP contribution in [0.4, 0.5) is 5.69 Å². The number of nitrogens with zero attached hydrogens (tertiary/aromatic N) is 6. The molecule has 3 aromatic rings. The van der Waals surface area contributed by atoms with Gasteiger partial charge in [0, 0.05) is 43.3 Å². The Morgan fingerprint density at radius 1 is 1.09 bits per heavy atom. The van der Waals surface area contributed by atoms with Gasteiger partial charge in [0.2, 0.25) is 10.0 Å². The average Bonchev–Trinajstić information content (AvgIpc) is 3.20. The second-order valence-electron chi connectivity index (χ2n) is 7.36. The third-order valence-corrected chi connectivity index (χ3v) is 7.52. The number of aromatic nitrogens is 3. The first-order valence-corrected chi connectivity index (χ1v) is 11.7. The van der Waals surface area contributed by atoms with Crippen molar-refractivity contribution < 1.29 is 18.1 Å². The maximum Gasteiger partial charge on any atom is 0.276 e. The van der Waals surface area contributed by atoms with Crippen LogP contribution in [0.5, 0.6) is 0 Å². The summed E-state index contributed by atoms with van der Waals surface area (Å²) in [5, 5.41) is 19.4. The molecule has 0 radical (unpaired) electrons. The van der Waals surface area contributed by atoms with Crippen molar-refractivity contribution in [2.45, 2.75) is 11.8 Å². The van der Waals surface area contributed by atoms with Crippen LogP contribution in [-0.4, -0.2) is 69.6 Å². The van der Waals surface area contributed by atoms with Crippen molar-refractivity contribution >= 4 is 33.2 Å². The van der Waals surface area contributed by atoms with E-state index >= 15 is 0 Å². The fourth-order valence-corrected chi connectivity index (χ4v) is 5.10. The van der Waals surface area contributed by atoms with E-state index in [1.54, 1.807) is 13.0 Å². The van der Waals surface area contributed by atoms with E-state index in [-0.39, 0.29) is 48.4 Å². The van der Waals surface area contributed by atoms with Crippen molar-refractivity contribution in [2.75, 3.05) is 26.2 Å². The van der Waals surface area contributed by atoms with Gasteiger partial charge in [-0.3, -0.25) is 14.9 Å². The van der Waals surface area contributed by atoms with Crippen molar-refractivity contribution in [3.63, 3.8) is 0 Å². The molecule has 1 aliphatic rings. The van der Waals surface area contributed by atoms with E-state index < -0.39 is 14.9 Å². The zero-order chi connectivity index (χ0) is 23.8. The Labute approximate surface area is 194 Å². The Morgan fingerprint density at radius 3 is 2.39 bits per heavy atom. The second kappa shape index (κ2) is 8.89. The van der Waals surface area contributed by atoms with Gasteiger partial charge in [-0.2, -0.15) is 4.31 Å². The summed E-state index contributed by atoms with van der Waals surface area (Å²) < 4.78 is 28.4. The summed E-state index contributed by atoms with van der Waals surface area (Å²) in [6, 6.07) is 11.8. The van der Waals surface area contributed by atoms with E-state index in [0.29, 0.717) is 16.4 Å². The van der Waals surface area contributed by atoms with Crippen LogP contribution in [0.1, 0.15) is 16.2 Å². The number of carbonyl (C=O) groups excluding carboxylic acids is 1. The summed E-state index contributed by atoms with van der Waals surface area (Å²) in [5.74, 6) is -0.382. The summed E-state index contributed by atoms with van der Waals surface area (Å²) in [4.78, 5) is 25.2. The Morgan fingerprint density at radius 2 is 1.76 bits per heavy atom. The van der Waals surface area contributed by atoms with Gasteiger partial charge in [-0.1, -0.05) is 22.9 Å². The van der Waals surface area contributed by atoms with E-state index in [9.17, 15) is 23.3 Å². The van der Waals surface area contributed by atoms with E-state index in [1.807, 2.05) is 0 Å². The number of halogens is 1. The monoisotopic (exact) mass is 490 g/mol. The van der Waals surface area contributed by atoms with Gasteiger partial charge < -0.3 is 4.90 Å². The van der Waals surface area contributed by atoms with Crippen molar-refractivity contribution in [1.29, 1.82) is 0 Å². The maximum atomic E-state index is 13.0. The number of carbonyl (C=O) groups is 1. The molecule has 0 atom stereocenters. The fourth-order valence-electron chi connectivity index (χ4n) is 3.55. The van der Waals surface area contributed by atoms with Gasteiger partial charge in [0.25, 0.3) is 11.6 Å². The predicted molar refractivity (Wildman–Crippen MR) is 119 cm³/mol. The smallest absolute Gasteiger partial charge is 0.276 e. The highest BCUT2D eigenvalue weighted by Gasteiger charge is 2.32. The number of piperazine rings is 1. The Balaban J connectivity index is 1.48. The van der Waals surface area contributed by atoms with Crippen LogP contribution in [0, 0.1) is 17.0 Å². The van der Waals surface area contributed by atoms with Crippen LogP contribution in [0.15, 0.2) is 53.4 Å². The minimum Gasteiger partial charge on any atom is -0.335 e. The molecular formula is C20H19ClN6O5S. The van der Waals surface area contributed by atoms with Crippen LogP contribution in [-0.2, 0) is 10.0 Å². The molecule has 0 N–H and O–H groups in total. The molecule has 33 heavy (non-hydrogen) atoms. The van der Waals surface area contributed by atoms with E-state index in [2.05, 4.69) is 10.3 Å². The topological polar surface area (TPSA) is 132 Å². The molecule has 11 nitrogen and oxygen atoms in total. The third-order valence-electron chi connectivity index (χ3n) is 5.36. The first kappa shape index (κ1) is 22.8. The largest absolute Gasteiger partial charge is 0.335 e. The summed E-state index contributed by atoms with van der Waals surface area (Å²) in [6.45, 7) is 2.29. The molecular weight excluding hydrogens is 472 g/mol. The lowest BCUT2D eigenvalue weighted by atomic mass is 10.2. The van der Waals surface area contributed by atoms with Gasteiger partial charge in [-0.05, 0) is 37.3 Å². The molecule has 0 spiro atoms. The SMILES string of the molecule is Cc1c(C(=O)N2CCN(S(=O)(=O)c3ccc(Cl)cc3)CC2)nnn1-c1cccc([N+](=O)[O-])c1. The molecule has 2 aromatic carbocycles. The number of hydrogen-bond acceptors (Lipinski definition) is 7. The lowest BCUT2D eigenvalue weighted by Crippen LogP contribution is -2.50. The molecule has 1 fully saturated rings. The lowest BCUT2D eigenvalue weighted by molar-refractivity contribution is -0.384. The number of amides is 1. The normalized spacial score (nSPS) is 14.9. The number of sulfonamides is 1. The first-order chi connectivity index (χ1) is 15.7. The number of nitro groups is 1. The van der Waals surface area contributed by atoms with Gasteiger partial charge in [0.1, 0.15) is 0 Å². The molecule has 0 unspecified atom stereocenters. The van der Waals surface area contributed by atoms with Crippen LogP contribution >= 0.6 is 11.6 Å². The number of rotatable bonds is 5. The highest BCUT2D eigenvalue weighted by Crippen LogP contribution is 2.22. The van der Waals surface area contributed by atoms with E-state index in [1.165, 1.54) is 56.4 Å². The standard InChI is InChI=1S/C20H19ClN6O5S/c1-14-19(22-23-26(14)16-3-2-4-17(13-16)27(29)30)20(28)24-9-11-25(12-10-24)33(31,32)18-7-5-15(21)6-8-18/h2-8,13H,9-12H2,1H3. The zero-order valence-electron chi connectivity index (χ0n) is 17.5. The Hall–Kier alpha value is -3.35. The molecule has 13 heteroatoms. The predicted octanol–water partition coefficient (Wildman–Crippen LogP) is 2.28. The molecule has 1 aliphatic heterocycles. The number of nitro benzene ring substituents is 1. The minimum atomic E-state index is -3.69. The van der Waals surface area contributed by atoms with Gasteiger partial charge in [0.05, 0.1) is 21.2 Å². The number of benzene rings is 2. The van der Waals surface area contributed by atoms with Gasteiger partial charge in [-0.15, -0.1) is 5.10 Å². The minimum absolute atomic E-state index is 0.103. The summed E-state index contributed by atoms with van der Waals surface area (Å²) in [5.41, 5.74) is 0.840. The second-order valence-corrected chi connectivity index (χ2v) is 9.74. The molecule has 0 bridgehead atoms. The van der Waals surface area contributed by atoms with E-state index in [0.717, 1.165) is 0 Å². The van der Waals surface area contributed by atoms with Crippen LogP contribution < -0.4 is 0 Å². The third kappa shape index (κ3) is 4.45. The Bertz CT molecular complexity index is 1320. The van der Waals surface area contributed by atoms with Gasteiger partial charge >= 0.3 is 0 Å². The quantitative estimate of drug-likeness (QED) is 0.396. The molecule has 4 rings (SSSR count). The van der Waals surface area contributed by atoms with Gasteiger partial charge in [0.15, 0.2) is 5.69 Å². The van der Waals surface area contributed by atoms with Crippen molar-refractivity contribution in [2.24, 2.45) is 0 Å². The summed E-state index contributed by atoms with van der Waals surface area (Å²) >= 11 is 5.84. The maximum absolute atomic E-state index is 13.0. The molecule has 0 saturated carbocycles. The summed E-state index contributed by atoms with van der Waals surface area (Å²) in [6.07, 6.45) is 0. The molecule has 1 amide bonds. The zero-order valence-corrected chi connectivity index (χ0v) is 19.0. The van der Waals surface area contributed by atoms with E-state index in [4.69, 9.17) is 11.6 Å². The lowest BCUT2D eigenvalue weighted by Gasteiger charge is -2.33. The van der Waals surface area contributed by atoms with Crippen molar-refractivity contribution in [3.8, 4) is 5.69 Å².